The van der Waals surface area contributed by atoms with E-state index in [-0.39, 0.29) is 19.1 Å². The molecular weight excluding hydrogens is 996 g/mol. The Kier molecular flexibility index (Phi) is 60.3. The van der Waals surface area contributed by atoms with Gasteiger partial charge >= 0.3 is 0 Å². The highest BCUT2D eigenvalue weighted by atomic mass is 31.2. The highest BCUT2D eigenvalue weighted by Gasteiger charge is 2.23. The SMILES string of the molecule is CCCCCCCCCC/C=C\CCCCCCCCCCCCCCCCCCCCCCCCCCCCCC(=O)NC(COP(=O)([O-])OCC[N+](C)(C)C)C(O)/C=C/CC/C=C/CCCCCCCCCCCCCC. The van der Waals surface area contributed by atoms with E-state index >= 15 is 0 Å². The summed E-state index contributed by atoms with van der Waals surface area (Å²) in [4.78, 5) is 25.6. The number of nitrogens with zero attached hydrogens (tertiary/aromatic N) is 1. The van der Waals surface area contributed by atoms with E-state index in [2.05, 4.69) is 43.5 Å². The molecule has 0 radical (unpaired) electrons. The molecule has 0 aromatic heterocycles. The zero-order chi connectivity index (χ0) is 57.7. The summed E-state index contributed by atoms with van der Waals surface area (Å²) in [7, 11) is 1.26. The Balaban J connectivity index is 3.92. The molecule has 0 aromatic rings. The fraction of sp³-hybridized carbons (Fsp3) is 0.900. The van der Waals surface area contributed by atoms with Crippen molar-refractivity contribution in [3.05, 3.63) is 36.5 Å². The Morgan fingerprint density at radius 1 is 0.430 bits per heavy atom. The van der Waals surface area contributed by atoms with Crippen LogP contribution in [0.3, 0.4) is 0 Å². The molecule has 0 bridgehead atoms. The highest BCUT2D eigenvalue weighted by molar-refractivity contribution is 7.45. The molecule has 0 rings (SSSR count). The molecule has 468 valence electrons. The van der Waals surface area contributed by atoms with E-state index in [1.807, 2.05) is 27.2 Å². The first-order valence-corrected chi connectivity index (χ1v) is 36.3. The molecule has 3 atom stereocenters. The van der Waals surface area contributed by atoms with Crippen molar-refractivity contribution >= 4 is 13.7 Å². The lowest BCUT2D eigenvalue weighted by Crippen LogP contribution is -2.45. The summed E-state index contributed by atoms with van der Waals surface area (Å²) in [6.45, 7) is 4.67. The lowest BCUT2D eigenvalue weighted by Gasteiger charge is -2.29. The second-order valence-electron chi connectivity index (χ2n) is 25.2. The number of hydrogen-bond acceptors (Lipinski definition) is 6. The van der Waals surface area contributed by atoms with Crippen LogP contribution in [0.25, 0.3) is 0 Å². The van der Waals surface area contributed by atoms with Crippen LogP contribution in [-0.4, -0.2) is 68.5 Å². The zero-order valence-electron chi connectivity index (χ0n) is 53.6. The smallest absolute Gasteiger partial charge is 0.268 e. The van der Waals surface area contributed by atoms with Crippen LogP contribution in [0.5, 0.6) is 0 Å². The molecule has 2 N–H and O–H groups in total. The van der Waals surface area contributed by atoms with Crippen LogP contribution in [0.4, 0.5) is 0 Å². The van der Waals surface area contributed by atoms with Gasteiger partial charge in [-0.3, -0.25) is 9.36 Å². The second kappa shape index (κ2) is 61.3. The van der Waals surface area contributed by atoms with E-state index < -0.39 is 20.0 Å². The maximum atomic E-state index is 13.0. The third-order valence-electron chi connectivity index (χ3n) is 16.1. The average Bonchev–Trinajstić information content (AvgIpc) is 3.42. The van der Waals surface area contributed by atoms with Crippen LogP contribution in [0.15, 0.2) is 36.5 Å². The number of unbranched alkanes of at least 4 members (excludes halogenated alkanes) is 48. The topological polar surface area (TPSA) is 108 Å². The number of phosphoric acid groups is 1. The maximum absolute atomic E-state index is 13.0. The highest BCUT2D eigenvalue weighted by Crippen LogP contribution is 2.38. The number of allylic oxidation sites excluding steroid dienone is 5. The molecule has 0 aliphatic heterocycles. The van der Waals surface area contributed by atoms with Gasteiger partial charge in [-0.15, -0.1) is 0 Å². The normalized spacial score (nSPS) is 13.9. The van der Waals surface area contributed by atoms with Gasteiger partial charge in [-0.05, 0) is 57.8 Å². The van der Waals surface area contributed by atoms with Crippen molar-refractivity contribution in [1.29, 1.82) is 0 Å². The van der Waals surface area contributed by atoms with Gasteiger partial charge in [-0.2, -0.15) is 0 Å². The number of quaternary nitrogens is 1. The molecule has 0 aliphatic carbocycles. The molecule has 0 saturated heterocycles. The number of likely N-dealkylation sites (N-methyl/N-ethyl adjacent to an activating group) is 1. The summed E-state index contributed by atoms with van der Waals surface area (Å²) >= 11 is 0. The van der Waals surface area contributed by atoms with Crippen molar-refractivity contribution in [2.45, 2.75) is 366 Å². The maximum Gasteiger partial charge on any atom is 0.268 e. The number of amides is 1. The van der Waals surface area contributed by atoms with Crippen LogP contribution >= 0.6 is 7.82 Å². The van der Waals surface area contributed by atoms with Crippen molar-refractivity contribution in [2.24, 2.45) is 0 Å². The minimum atomic E-state index is -4.61. The summed E-state index contributed by atoms with van der Waals surface area (Å²) in [5, 5.41) is 13.9. The number of aliphatic hydroxyl groups excluding tert-OH is 1. The zero-order valence-corrected chi connectivity index (χ0v) is 54.5. The predicted molar refractivity (Wildman–Crippen MR) is 344 cm³/mol. The second-order valence-corrected chi connectivity index (χ2v) is 26.6. The van der Waals surface area contributed by atoms with E-state index in [1.54, 1.807) is 6.08 Å². The van der Waals surface area contributed by atoms with Crippen LogP contribution in [0, 0.1) is 0 Å². The lowest BCUT2D eigenvalue weighted by molar-refractivity contribution is -0.870. The molecule has 0 aromatic carbocycles. The number of carbonyl (C=O) groups is 1. The molecule has 0 aliphatic rings. The van der Waals surface area contributed by atoms with Crippen molar-refractivity contribution in [2.75, 3.05) is 40.9 Å². The van der Waals surface area contributed by atoms with Gasteiger partial charge in [-0.25, -0.2) is 0 Å². The van der Waals surface area contributed by atoms with Gasteiger partial charge in [0.1, 0.15) is 13.2 Å². The monoisotopic (exact) mass is 1130 g/mol. The Bertz CT molecular complexity index is 1380. The van der Waals surface area contributed by atoms with E-state index in [0.717, 1.165) is 38.5 Å². The summed E-state index contributed by atoms with van der Waals surface area (Å²) in [6.07, 6.45) is 81.4. The van der Waals surface area contributed by atoms with E-state index in [0.29, 0.717) is 17.4 Å². The average molecular weight is 1130 g/mol. The van der Waals surface area contributed by atoms with E-state index in [1.165, 1.54) is 295 Å². The molecule has 9 heteroatoms. The first kappa shape index (κ1) is 77.7. The van der Waals surface area contributed by atoms with Gasteiger partial charge < -0.3 is 28.8 Å². The number of carbonyl (C=O) groups excluding carboxylic acids is 1. The largest absolute Gasteiger partial charge is 0.756 e. The number of nitrogens with one attached hydrogen (secondary N) is 1. The summed E-state index contributed by atoms with van der Waals surface area (Å²) in [5.41, 5.74) is 0. The lowest BCUT2D eigenvalue weighted by atomic mass is 10.0. The number of rotatable bonds is 65. The molecule has 0 fully saturated rings. The Morgan fingerprint density at radius 2 is 0.709 bits per heavy atom. The van der Waals surface area contributed by atoms with Crippen molar-refractivity contribution in [3.8, 4) is 0 Å². The quantitative estimate of drug-likeness (QED) is 0.0272. The molecule has 79 heavy (non-hydrogen) atoms. The van der Waals surface area contributed by atoms with Gasteiger partial charge in [0.2, 0.25) is 5.91 Å². The third kappa shape index (κ3) is 64.1. The number of hydrogen-bond donors (Lipinski definition) is 2. The molecule has 3 unspecified atom stereocenters. The first-order valence-electron chi connectivity index (χ1n) is 34.9. The Labute approximate surface area is 493 Å². The van der Waals surface area contributed by atoms with Gasteiger partial charge in [0.05, 0.1) is 39.9 Å². The van der Waals surface area contributed by atoms with Gasteiger partial charge in [-0.1, -0.05) is 326 Å². The van der Waals surface area contributed by atoms with Gasteiger partial charge in [0.25, 0.3) is 7.82 Å². The van der Waals surface area contributed by atoms with Crippen molar-refractivity contribution in [1.82, 2.24) is 5.32 Å². The summed E-state index contributed by atoms with van der Waals surface area (Å²) in [5.74, 6) is -0.200. The Hall–Kier alpha value is -1.28. The first-order chi connectivity index (χ1) is 38.5. The molecule has 0 heterocycles. The number of phosphoric ester groups is 1. The summed E-state index contributed by atoms with van der Waals surface area (Å²) in [6, 6.07) is -0.902. The molecule has 1 amide bonds. The molecule has 8 nitrogen and oxygen atoms in total. The minimum Gasteiger partial charge on any atom is -0.756 e. The number of aliphatic hydroxyl groups is 1. The minimum absolute atomic E-state index is 0.00427. The fourth-order valence-electron chi connectivity index (χ4n) is 10.6. The van der Waals surface area contributed by atoms with Gasteiger partial charge in [0, 0.05) is 6.42 Å². The third-order valence-corrected chi connectivity index (χ3v) is 17.0. The van der Waals surface area contributed by atoms with E-state index in [4.69, 9.17) is 9.05 Å². The van der Waals surface area contributed by atoms with Gasteiger partial charge in [0.15, 0.2) is 0 Å². The Morgan fingerprint density at radius 3 is 1.03 bits per heavy atom. The molecule has 0 saturated carbocycles. The fourth-order valence-corrected chi connectivity index (χ4v) is 11.4. The summed E-state index contributed by atoms with van der Waals surface area (Å²) < 4.78 is 23.4. The predicted octanol–water partition coefficient (Wildman–Crippen LogP) is 21.4. The van der Waals surface area contributed by atoms with Crippen LogP contribution in [0.2, 0.25) is 0 Å². The van der Waals surface area contributed by atoms with Crippen molar-refractivity contribution < 1.29 is 32.9 Å². The van der Waals surface area contributed by atoms with Crippen LogP contribution in [-0.2, 0) is 18.4 Å². The van der Waals surface area contributed by atoms with Crippen LogP contribution < -0.4 is 10.2 Å². The molecular formula is C70H137N2O6P. The van der Waals surface area contributed by atoms with Crippen LogP contribution in [0.1, 0.15) is 354 Å². The molecule has 0 spiro atoms. The van der Waals surface area contributed by atoms with E-state index in [9.17, 15) is 19.4 Å². The van der Waals surface area contributed by atoms with Crippen molar-refractivity contribution in [3.63, 3.8) is 0 Å². The standard InChI is InChI=1S/C70H137N2O6P/c1-6-8-10-12-14-16-18-20-22-24-26-27-28-29-30-31-32-33-34-35-36-37-38-39-40-41-42-43-44-45-46-48-50-52-54-56-58-60-62-64-70(74)71-68(67-78-79(75,76)77-66-65-72(3,4)5)69(73)63-61-59-57-55-53-51-49-47-25-23-21-19-17-15-13-11-9-7-2/h24,26,53,55,61,63,68-69,73H,6-23,25,27-52,54,56-60,62,64-67H2,1-5H3,(H-,71,74,75,76)/b26-24-,55-53+,63-61+.